The second kappa shape index (κ2) is 6.48. The van der Waals surface area contributed by atoms with Gasteiger partial charge in [0, 0.05) is 0 Å². The van der Waals surface area contributed by atoms with Crippen LogP contribution in [0, 0.1) is 0 Å². The van der Waals surface area contributed by atoms with Gasteiger partial charge in [-0.15, -0.1) is 0 Å². The second-order valence-corrected chi connectivity index (χ2v) is 7.67. The molecule has 0 bridgehead atoms. The molecule has 0 atom stereocenters. The number of halogens is 2. The highest BCUT2D eigenvalue weighted by atomic mass is 35.5. The summed E-state index contributed by atoms with van der Waals surface area (Å²) in [4.78, 5) is 0. The minimum absolute atomic E-state index is 0.597. The van der Waals surface area contributed by atoms with Crippen LogP contribution in [0.25, 0.3) is 11.1 Å². The summed E-state index contributed by atoms with van der Waals surface area (Å²) in [6.45, 7) is 0. The van der Waals surface area contributed by atoms with Gasteiger partial charge in [0.25, 0.3) is 0 Å². The fourth-order valence-corrected chi connectivity index (χ4v) is 4.49. The van der Waals surface area contributed by atoms with E-state index in [0.717, 1.165) is 0 Å². The molecule has 0 aliphatic carbocycles. The van der Waals surface area contributed by atoms with Crippen molar-refractivity contribution in [3.8, 4) is 11.1 Å². The van der Waals surface area contributed by atoms with Gasteiger partial charge >= 0.3 is 0 Å². The maximum Gasteiger partial charge on any atom is 0.0895 e. The lowest BCUT2D eigenvalue weighted by Gasteiger charge is -2.07. The summed E-state index contributed by atoms with van der Waals surface area (Å²) < 4.78 is 0. The van der Waals surface area contributed by atoms with E-state index in [0.29, 0.717) is 10.0 Å². The lowest BCUT2D eigenvalue weighted by molar-refractivity contribution is 1.63. The van der Waals surface area contributed by atoms with Crippen LogP contribution < -0.4 is 10.4 Å². The molecule has 0 fully saturated rings. The molecule has 0 aliphatic heterocycles. The summed E-state index contributed by atoms with van der Waals surface area (Å²) in [5, 5.41) is 3.90. The molecule has 104 valence electrons. The SMILES string of the molecule is Clc1cccc([SiH2]c2ccc(-c3ccccc3)cc2)c1Cl. The van der Waals surface area contributed by atoms with E-state index < -0.39 is 9.52 Å². The molecule has 0 amide bonds. The van der Waals surface area contributed by atoms with Gasteiger partial charge in [0.1, 0.15) is 0 Å². The van der Waals surface area contributed by atoms with E-state index in [1.807, 2.05) is 18.2 Å². The molecular formula is C18H14Cl2Si. The Morgan fingerprint density at radius 1 is 0.619 bits per heavy atom. The topological polar surface area (TPSA) is 0 Å². The molecule has 0 saturated heterocycles. The first-order valence-corrected chi connectivity index (χ1v) is 8.98. The molecule has 0 saturated carbocycles. The largest absolute Gasteiger partial charge is 0.0895 e. The Kier molecular flexibility index (Phi) is 4.44. The highest BCUT2D eigenvalue weighted by Crippen LogP contribution is 2.19. The molecule has 0 unspecified atom stereocenters. The second-order valence-electron chi connectivity index (χ2n) is 4.95. The number of hydrogen-bond donors (Lipinski definition) is 0. The first kappa shape index (κ1) is 14.4. The molecule has 3 heteroatoms. The Labute approximate surface area is 137 Å². The maximum absolute atomic E-state index is 6.27. The van der Waals surface area contributed by atoms with Crippen LogP contribution in [0.1, 0.15) is 0 Å². The van der Waals surface area contributed by atoms with Gasteiger partial charge in [-0.25, -0.2) is 0 Å². The van der Waals surface area contributed by atoms with Crippen LogP contribution in [0.5, 0.6) is 0 Å². The third-order valence-corrected chi connectivity index (χ3v) is 6.42. The average molecular weight is 329 g/mol. The van der Waals surface area contributed by atoms with Crippen molar-refractivity contribution in [2.75, 3.05) is 0 Å². The van der Waals surface area contributed by atoms with Gasteiger partial charge < -0.3 is 0 Å². The number of rotatable bonds is 3. The molecule has 21 heavy (non-hydrogen) atoms. The zero-order valence-corrected chi connectivity index (χ0v) is 14.3. The van der Waals surface area contributed by atoms with E-state index >= 15 is 0 Å². The average Bonchev–Trinajstić information content (AvgIpc) is 2.53. The fraction of sp³-hybridized carbons (Fsp3) is 0. The molecule has 0 spiro atoms. The molecular weight excluding hydrogens is 315 g/mol. The van der Waals surface area contributed by atoms with Crippen molar-refractivity contribution in [2.45, 2.75) is 0 Å². The van der Waals surface area contributed by atoms with Gasteiger partial charge in [-0.1, -0.05) is 95.1 Å². The predicted molar refractivity (Wildman–Crippen MR) is 96.2 cm³/mol. The van der Waals surface area contributed by atoms with Crippen molar-refractivity contribution < 1.29 is 0 Å². The van der Waals surface area contributed by atoms with E-state index in [1.54, 1.807) is 0 Å². The van der Waals surface area contributed by atoms with E-state index in [-0.39, 0.29) is 0 Å². The molecule has 3 aromatic carbocycles. The van der Waals surface area contributed by atoms with Crippen LogP contribution in [-0.2, 0) is 0 Å². The standard InChI is InChI=1S/C18H14Cl2Si/c19-16-7-4-8-17(18(16)20)21-15-11-9-14(10-12-15)13-5-2-1-3-6-13/h1-12H,21H2. The summed E-state index contributed by atoms with van der Waals surface area (Å²) in [5.74, 6) is 0. The maximum atomic E-state index is 6.27. The van der Waals surface area contributed by atoms with E-state index in [2.05, 4.69) is 54.6 Å². The van der Waals surface area contributed by atoms with Crippen LogP contribution >= 0.6 is 23.2 Å². The third kappa shape index (κ3) is 3.38. The Morgan fingerprint density at radius 2 is 1.29 bits per heavy atom. The molecule has 0 N–H and O–H groups in total. The monoisotopic (exact) mass is 328 g/mol. The molecule has 3 rings (SSSR count). The smallest absolute Gasteiger partial charge is 0.0829 e. The molecule has 0 radical (unpaired) electrons. The molecule has 0 aromatic heterocycles. The van der Waals surface area contributed by atoms with Crippen LogP contribution in [0.2, 0.25) is 10.0 Å². The van der Waals surface area contributed by atoms with Crippen molar-refractivity contribution in [1.82, 2.24) is 0 Å². The highest BCUT2D eigenvalue weighted by Gasteiger charge is 2.06. The van der Waals surface area contributed by atoms with Crippen molar-refractivity contribution in [3.05, 3.63) is 82.8 Å². The van der Waals surface area contributed by atoms with E-state index in [9.17, 15) is 0 Å². The number of benzene rings is 3. The van der Waals surface area contributed by atoms with Crippen molar-refractivity contribution in [2.24, 2.45) is 0 Å². The summed E-state index contributed by atoms with van der Waals surface area (Å²) in [6.07, 6.45) is 0. The fourth-order valence-electron chi connectivity index (χ4n) is 2.35. The zero-order chi connectivity index (χ0) is 14.7. The number of hydrogen-bond acceptors (Lipinski definition) is 0. The lowest BCUT2D eigenvalue weighted by atomic mass is 10.1. The van der Waals surface area contributed by atoms with Gasteiger partial charge in [0.05, 0.1) is 19.6 Å². The van der Waals surface area contributed by atoms with Gasteiger partial charge in [0.15, 0.2) is 0 Å². The predicted octanol–water partition coefficient (Wildman–Crippen LogP) is 3.78. The lowest BCUT2D eigenvalue weighted by Crippen LogP contribution is -2.27. The van der Waals surface area contributed by atoms with Crippen LogP contribution in [0.4, 0.5) is 0 Å². The van der Waals surface area contributed by atoms with Crippen molar-refractivity contribution in [3.63, 3.8) is 0 Å². The van der Waals surface area contributed by atoms with Crippen LogP contribution in [0.15, 0.2) is 72.8 Å². The van der Waals surface area contributed by atoms with Gasteiger partial charge in [-0.2, -0.15) is 0 Å². The Bertz CT molecular complexity index is 737. The minimum atomic E-state index is -0.597. The molecule has 0 heterocycles. The Balaban J connectivity index is 1.83. The zero-order valence-electron chi connectivity index (χ0n) is 11.4. The van der Waals surface area contributed by atoms with Gasteiger partial charge in [-0.3, -0.25) is 0 Å². The van der Waals surface area contributed by atoms with E-state index in [4.69, 9.17) is 23.2 Å². The Hall–Kier alpha value is -1.54. The van der Waals surface area contributed by atoms with Crippen LogP contribution in [0.3, 0.4) is 0 Å². The summed E-state index contributed by atoms with van der Waals surface area (Å²) in [7, 11) is -0.597. The summed E-state index contributed by atoms with van der Waals surface area (Å²) >= 11 is 12.3. The minimum Gasteiger partial charge on any atom is -0.0829 e. The van der Waals surface area contributed by atoms with Crippen molar-refractivity contribution >= 4 is 43.1 Å². The quantitative estimate of drug-likeness (QED) is 0.642. The van der Waals surface area contributed by atoms with Crippen molar-refractivity contribution in [1.29, 1.82) is 0 Å². The van der Waals surface area contributed by atoms with Gasteiger partial charge in [-0.05, 0) is 22.4 Å². The van der Waals surface area contributed by atoms with E-state index in [1.165, 1.54) is 21.5 Å². The van der Waals surface area contributed by atoms with Gasteiger partial charge in [0.2, 0.25) is 0 Å². The first-order valence-electron chi connectivity index (χ1n) is 6.81. The Morgan fingerprint density at radius 3 is 2.00 bits per heavy atom. The first-order chi connectivity index (χ1) is 10.2. The normalized spacial score (nSPS) is 11.1. The molecule has 3 aromatic rings. The summed E-state index contributed by atoms with van der Waals surface area (Å²) in [5.41, 5.74) is 2.48. The highest BCUT2D eigenvalue weighted by molar-refractivity contribution is 6.70. The van der Waals surface area contributed by atoms with Crippen LogP contribution in [-0.4, -0.2) is 9.52 Å². The third-order valence-electron chi connectivity index (χ3n) is 3.49. The molecule has 0 nitrogen and oxygen atoms in total. The summed E-state index contributed by atoms with van der Waals surface area (Å²) in [6, 6.07) is 25.0. The molecule has 0 aliphatic rings.